The van der Waals surface area contributed by atoms with Gasteiger partial charge in [-0.25, -0.2) is 0 Å². The predicted molar refractivity (Wildman–Crippen MR) is 0 cm³/mol. The van der Waals surface area contributed by atoms with Gasteiger partial charge in [0.25, 0.3) is 0 Å². The van der Waals surface area contributed by atoms with Gasteiger partial charge in [-0.15, -0.1) is 0 Å². The second-order valence-electron chi connectivity index (χ2n) is 0. The zero-order valence-corrected chi connectivity index (χ0v) is 12.7. The van der Waals surface area contributed by atoms with Crippen molar-refractivity contribution in [3.05, 3.63) is 0 Å². The van der Waals surface area contributed by atoms with Crippen molar-refractivity contribution in [2.45, 2.75) is 0 Å². The minimum absolute atomic E-state index is 0. The Balaban J connectivity index is 0. The first kappa shape index (κ1) is 40.6. The summed E-state index contributed by atoms with van der Waals surface area (Å²) in [5, 5.41) is 0. The van der Waals surface area contributed by atoms with Crippen LogP contribution in [0.2, 0.25) is 0 Å². The van der Waals surface area contributed by atoms with E-state index >= 15 is 0 Å². The molecule has 0 aliphatic heterocycles. The van der Waals surface area contributed by atoms with E-state index in [4.69, 9.17) is 0 Å². The summed E-state index contributed by atoms with van der Waals surface area (Å²) in [7, 11) is 0. The topological polar surface area (TPSA) is 0 Å². The summed E-state index contributed by atoms with van der Waals surface area (Å²) in [6, 6.07) is 0. The van der Waals surface area contributed by atoms with Crippen LogP contribution in [0.4, 0.5) is 0 Å². The summed E-state index contributed by atoms with van der Waals surface area (Å²) >= 11 is 0. The van der Waals surface area contributed by atoms with Crippen LogP contribution < -0.4 is 0 Å². The Morgan fingerprint density at radius 3 is 1.00 bits per heavy atom. The first-order valence-corrected chi connectivity index (χ1v) is 0. The monoisotopic (exact) mass is 406 g/mol. The van der Waals surface area contributed by atoms with Crippen LogP contribution >= 0.6 is 0 Å². The van der Waals surface area contributed by atoms with Crippen LogP contribution in [0.1, 0.15) is 0 Å². The number of hydrogen-bond acceptors (Lipinski definition) is 0. The molecule has 0 atom stereocenters. The maximum absolute atomic E-state index is 0. The molecule has 0 aromatic carbocycles. The third kappa shape index (κ3) is 18.8. The smallest absolute Gasteiger partial charge is 0 e. The van der Waals surface area contributed by atoms with Crippen molar-refractivity contribution in [1.29, 1.82) is 0 Å². The molecule has 0 rings (SSSR count). The molecular formula is AgCdCuNiZn. The van der Waals surface area contributed by atoms with Crippen molar-refractivity contribution in [2.24, 2.45) is 0 Å². The van der Waals surface area contributed by atoms with Crippen LogP contribution in [-0.2, 0) is 103 Å². The third-order valence-corrected chi connectivity index (χ3v) is 0. The molecule has 0 aliphatic carbocycles. The van der Waals surface area contributed by atoms with E-state index < -0.39 is 0 Å². The Morgan fingerprint density at radius 1 is 1.00 bits per heavy atom. The van der Waals surface area contributed by atoms with E-state index in [-0.39, 0.29) is 103 Å². The Kier molecular flexibility index (Phi) is 216. The summed E-state index contributed by atoms with van der Waals surface area (Å²) < 4.78 is 0. The molecule has 0 saturated carbocycles. The normalized spacial score (nSPS) is 0. The maximum Gasteiger partial charge on any atom is 0 e. The van der Waals surface area contributed by atoms with Gasteiger partial charge in [-0.1, -0.05) is 0 Å². The van der Waals surface area contributed by atoms with E-state index in [0.29, 0.717) is 0 Å². The molecule has 0 unspecified atom stereocenters. The molecule has 0 saturated heterocycles. The molecule has 0 aromatic rings. The minimum atomic E-state index is 0. The predicted octanol–water partition coefficient (Wildman–Crippen LogP) is -0.0125. The van der Waals surface area contributed by atoms with Crippen molar-refractivity contribution in [2.75, 3.05) is 0 Å². The zero-order chi connectivity index (χ0) is 0. The molecule has 0 N–H and O–H groups in total. The quantitative estimate of drug-likeness (QED) is 0.495. The average molecular weight is 408 g/mol. The summed E-state index contributed by atoms with van der Waals surface area (Å²) in [6.07, 6.45) is 0. The first-order valence-electron chi connectivity index (χ1n) is 0. The van der Waals surface area contributed by atoms with Crippen molar-refractivity contribution < 1.29 is 103 Å². The fourth-order valence-electron chi connectivity index (χ4n) is 0. The van der Waals surface area contributed by atoms with E-state index in [1.807, 2.05) is 0 Å². The van der Waals surface area contributed by atoms with Crippen LogP contribution in [0.25, 0.3) is 0 Å². The first-order chi connectivity index (χ1) is 0. The molecule has 2 radical (unpaired) electrons. The van der Waals surface area contributed by atoms with Gasteiger partial charge in [0.15, 0.2) is 0 Å². The van der Waals surface area contributed by atoms with Crippen LogP contribution in [0, 0.1) is 0 Å². The van der Waals surface area contributed by atoms with E-state index in [0.717, 1.165) is 0 Å². The number of hydrogen-bond donors (Lipinski definition) is 0. The van der Waals surface area contributed by atoms with Gasteiger partial charge < -0.3 is 0 Å². The van der Waals surface area contributed by atoms with Crippen LogP contribution in [-0.4, -0.2) is 0 Å². The second kappa shape index (κ2) is 26.6. The van der Waals surface area contributed by atoms with Crippen molar-refractivity contribution in [3.8, 4) is 0 Å². The summed E-state index contributed by atoms with van der Waals surface area (Å²) in [5.74, 6) is 0. The third-order valence-electron chi connectivity index (χ3n) is 0. The van der Waals surface area contributed by atoms with Gasteiger partial charge in [0.1, 0.15) is 0 Å². The molecule has 0 heterocycles. The van der Waals surface area contributed by atoms with Gasteiger partial charge in [0.05, 0.1) is 0 Å². The molecular weight excluding hydrogens is 408 g/mol. The van der Waals surface area contributed by atoms with Crippen LogP contribution in [0.15, 0.2) is 0 Å². The molecule has 0 nitrogen and oxygen atoms in total. The Morgan fingerprint density at radius 2 is 1.00 bits per heavy atom. The molecule has 5 heteroatoms. The van der Waals surface area contributed by atoms with E-state index in [9.17, 15) is 0 Å². The molecule has 0 fully saturated rings. The molecule has 0 amide bonds. The largest absolute Gasteiger partial charge is 0 e. The van der Waals surface area contributed by atoms with Gasteiger partial charge in [0.2, 0.25) is 0 Å². The summed E-state index contributed by atoms with van der Waals surface area (Å²) in [4.78, 5) is 0. The van der Waals surface area contributed by atoms with E-state index in [1.54, 1.807) is 0 Å². The van der Waals surface area contributed by atoms with E-state index in [2.05, 4.69) is 0 Å². The van der Waals surface area contributed by atoms with Gasteiger partial charge in [-0.2, -0.15) is 0 Å². The molecule has 0 bridgehead atoms. The zero-order valence-electron chi connectivity index (χ0n) is 2.33. The van der Waals surface area contributed by atoms with Gasteiger partial charge in [0, 0.05) is 103 Å². The molecule has 36 valence electrons. The van der Waals surface area contributed by atoms with Gasteiger partial charge in [-0.3, -0.25) is 0 Å². The fourth-order valence-corrected chi connectivity index (χ4v) is 0. The standard InChI is InChI=1S/Ag.Cd.Cu.Ni.Zn. The molecule has 0 spiro atoms. The van der Waals surface area contributed by atoms with Crippen molar-refractivity contribution >= 4 is 0 Å². The fraction of sp³-hybridized carbons (Fsp3) is 0. The molecule has 5 heavy (non-hydrogen) atoms. The second-order valence-corrected chi connectivity index (χ2v) is 0. The van der Waals surface area contributed by atoms with Crippen molar-refractivity contribution in [3.63, 3.8) is 0 Å². The van der Waals surface area contributed by atoms with Crippen LogP contribution in [0.3, 0.4) is 0 Å². The van der Waals surface area contributed by atoms with Gasteiger partial charge >= 0.3 is 0 Å². The van der Waals surface area contributed by atoms with Gasteiger partial charge in [-0.05, 0) is 0 Å². The molecule has 0 aliphatic rings. The minimum Gasteiger partial charge on any atom is 0 e. The maximum atomic E-state index is 0. The summed E-state index contributed by atoms with van der Waals surface area (Å²) in [5.41, 5.74) is 0. The average Bonchev–Trinajstić information content (AvgIpc) is 0. The van der Waals surface area contributed by atoms with Crippen molar-refractivity contribution in [1.82, 2.24) is 0 Å². The Hall–Kier alpha value is 3.30. The summed E-state index contributed by atoms with van der Waals surface area (Å²) in [6.45, 7) is 0. The van der Waals surface area contributed by atoms with E-state index in [1.165, 1.54) is 0 Å². The Labute approximate surface area is 101 Å². The number of rotatable bonds is 0. The molecule has 0 aromatic heterocycles. The Bertz CT molecular complexity index is 11.6. The SMILES string of the molecule is [Ag].[Cd].[Cu].[Ni].[Zn]. The van der Waals surface area contributed by atoms with Crippen LogP contribution in [0.5, 0.6) is 0 Å².